The van der Waals surface area contributed by atoms with Crippen molar-refractivity contribution in [1.82, 2.24) is 20.0 Å². The van der Waals surface area contributed by atoms with Gasteiger partial charge in [0.1, 0.15) is 11.9 Å². The van der Waals surface area contributed by atoms with Crippen LogP contribution >= 0.6 is 0 Å². The van der Waals surface area contributed by atoms with E-state index < -0.39 is 41.7 Å². The minimum absolute atomic E-state index is 0.188. The van der Waals surface area contributed by atoms with E-state index >= 15 is 0 Å². The van der Waals surface area contributed by atoms with Gasteiger partial charge in [0.05, 0.1) is 17.9 Å². The van der Waals surface area contributed by atoms with E-state index in [1.807, 2.05) is 43.3 Å². The predicted octanol–water partition coefficient (Wildman–Crippen LogP) is 1.90. The summed E-state index contributed by atoms with van der Waals surface area (Å²) in [6.45, 7) is 3.97. The van der Waals surface area contributed by atoms with Crippen LogP contribution < -0.4 is 15.5 Å². The van der Waals surface area contributed by atoms with E-state index in [-0.39, 0.29) is 18.4 Å². The Morgan fingerprint density at radius 1 is 0.974 bits per heavy atom. The number of urea groups is 1. The molecule has 11 heteroatoms. The lowest BCUT2D eigenvalue weighted by molar-refractivity contribution is -0.145. The maximum atomic E-state index is 14.1. The number of benzene rings is 2. The first-order valence-corrected chi connectivity index (χ1v) is 13.2. The molecule has 4 unspecified atom stereocenters. The number of anilines is 2. The summed E-state index contributed by atoms with van der Waals surface area (Å²) in [6.07, 6.45) is 0. The van der Waals surface area contributed by atoms with Gasteiger partial charge in [-0.25, -0.2) is 9.18 Å². The first-order chi connectivity index (χ1) is 18.7. The van der Waals surface area contributed by atoms with Gasteiger partial charge in [0.15, 0.2) is 0 Å². The Morgan fingerprint density at radius 3 is 2.18 bits per heavy atom. The largest absolute Gasteiger partial charge is 0.378 e. The number of likely N-dealkylation sites (tertiary alicyclic amines) is 2. The second-order valence-electron chi connectivity index (χ2n) is 10.3. The highest BCUT2D eigenvalue weighted by atomic mass is 19.1. The molecule has 3 aliphatic heterocycles. The molecule has 5 amide bonds. The van der Waals surface area contributed by atoms with Gasteiger partial charge in [0.25, 0.3) is 0 Å². The van der Waals surface area contributed by atoms with Gasteiger partial charge in [-0.2, -0.15) is 0 Å². The van der Waals surface area contributed by atoms with E-state index in [9.17, 15) is 23.6 Å². The van der Waals surface area contributed by atoms with Gasteiger partial charge in [-0.05, 0) is 48.9 Å². The molecule has 39 heavy (non-hydrogen) atoms. The third kappa shape index (κ3) is 4.71. The molecule has 0 aromatic heterocycles. The average Bonchev–Trinajstić information content (AvgIpc) is 3.42. The van der Waals surface area contributed by atoms with Gasteiger partial charge < -0.3 is 25.3 Å². The summed E-state index contributed by atoms with van der Waals surface area (Å²) in [5, 5.41) is 5.97. The van der Waals surface area contributed by atoms with Gasteiger partial charge >= 0.3 is 6.03 Å². The molecule has 206 valence electrons. The van der Waals surface area contributed by atoms with Crippen molar-refractivity contribution >= 4 is 35.1 Å². The number of halogens is 1. The maximum absolute atomic E-state index is 14.1. The van der Waals surface area contributed by atoms with Crippen LogP contribution in [0.25, 0.3) is 0 Å². The molecule has 3 aliphatic rings. The Morgan fingerprint density at radius 2 is 1.59 bits per heavy atom. The molecule has 0 radical (unpaired) electrons. The molecule has 3 heterocycles. The first-order valence-electron chi connectivity index (χ1n) is 13.2. The Labute approximate surface area is 226 Å². The zero-order valence-electron chi connectivity index (χ0n) is 22.3. The van der Waals surface area contributed by atoms with E-state index in [0.717, 1.165) is 5.69 Å². The van der Waals surface area contributed by atoms with Gasteiger partial charge in [-0.3, -0.25) is 19.3 Å². The smallest absolute Gasteiger partial charge is 0.323 e. The highest BCUT2D eigenvalue weighted by Crippen LogP contribution is 2.50. The van der Waals surface area contributed by atoms with Crippen LogP contribution in [0.1, 0.15) is 18.5 Å². The van der Waals surface area contributed by atoms with Crippen LogP contribution in [-0.2, 0) is 14.4 Å². The van der Waals surface area contributed by atoms with Crippen LogP contribution in [-0.4, -0.2) is 91.3 Å². The molecule has 0 spiro atoms. The summed E-state index contributed by atoms with van der Waals surface area (Å²) in [5.74, 6) is -3.54. The Bertz CT molecular complexity index is 1260. The molecule has 0 aliphatic carbocycles. The predicted molar refractivity (Wildman–Crippen MR) is 143 cm³/mol. The van der Waals surface area contributed by atoms with E-state index in [1.165, 1.54) is 34.1 Å². The standard InChI is InChI=1S/C28H33FN6O4/c1-4-34-25(36)21-22(26(34)37)24(27(38)33-15-13-30-14-16-33)35(28(39)31-19-9-7-18(29)8-10-19)23(21)17-5-11-20(12-6-17)32(2)3/h5-12,21-24,30H,4,13-16H2,1-3H3,(H,31,39). The minimum atomic E-state index is -1.17. The quantitative estimate of drug-likeness (QED) is 0.566. The van der Waals surface area contributed by atoms with Crippen molar-refractivity contribution in [3.8, 4) is 0 Å². The number of hydrogen-bond acceptors (Lipinski definition) is 6. The fraction of sp³-hybridized carbons (Fsp3) is 0.429. The first kappa shape index (κ1) is 26.6. The summed E-state index contributed by atoms with van der Waals surface area (Å²) < 4.78 is 13.5. The zero-order chi connectivity index (χ0) is 27.8. The molecule has 3 fully saturated rings. The summed E-state index contributed by atoms with van der Waals surface area (Å²) in [5.41, 5.74) is 1.91. The molecule has 2 aromatic rings. The molecule has 0 bridgehead atoms. The van der Waals surface area contributed by atoms with E-state index in [1.54, 1.807) is 11.8 Å². The number of nitrogens with zero attached hydrogens (tertiary/aromatic N) is 4. The summed E-state index contributed by atoms with van der Waals surface area (Å²) in [6, 6.07) is 10.1. The third-order valence-electron chi connectivity index (χ3n) is 7.85. The number of piperazine rings is 1. The molecule has 4 atom stereocenters. The van der Waals surface area contributed by atoms with E-state index in [0.29, 0.717) is 37.4 Å². The second-order valence-corrected chi connectivity index (χ2v) is 10.3. The number of fused-ring (bicyclic) bond motifs is 1. The van der Waals surface area contributed by atoms with Crippen LogP contribution in [0.3, 0.4) is 0 Å². The lowest BCUT2D eigenvalue weighted by Crippen LogP contribution is -2.57. The van der Waals surface area contributed by atoms with Crippen molar-refractivity contribution in [3.63, 3.8) is 0 Å². The van der Waals surface area contributed by atoms with E-state index in [2.05, 4.69) is 10.6 Å². The summed E-state index contributed by atoms with van der Waals surface area (Å²) >= 11 is 0. The van der Waals surface area contributed by atoms with Crippen molar-refractivity contribution in [1.29, 1.82) is 0 Å². The van der Waals surface area contributed by atoms with Crippen molar-refractivity contribution < 1.29 is 23.6 Å². The number of rotatable bonds is 5. The van der Waals surface area contributed by atoms with Gasteiger partial charge in [-0.15, -0.1) is 0 Å². The van der Waals surface area contributed by atoms with Crippen LogP contribution in [0, 0.1) is 17.7 Å². The van der Waals surface area contributed by atoms with Crippen LogP contribution in [0.5, 0.6) is 0 Å². The third-order valence-corrected chi connectivity index (χ3v) is 7.85. The molecule has 5 rings (SSSR count). The Kier molecular flexibility index (Phi) is 7.26. The lowest BCUT2D eigenvalue weighted by atomic mass is 9.86. The van der Waals surface area contributed by atoms with E-state index in [4.69, 9.17) is 0 Å². The fourth-order valence-corrected chi connectivity index (χ4v) is 5.93. The monoisotopic (exact) mass is 536 g/mol. The van der Waals surface area contributed by atoms with Gasteiger partial charge in [-0.1, -0.05) is 12.1 Å². The number of amides is 5. The van der Waals surface area contributed by atoms with Crippen LogP contribution in [0.15, 0.2) is 48.5 Å². The SMILES string of the molecule is CCN1C(=O)C2C(C1=O)C(c1ccc(N(C)C)cc1)N(C(=O)Nc1ccc(F)cc1)C2C(=O)N1CCNCC1. The number of nitrogens with one attached hydrogen (secondary N) is 2. The number of carbonyl (C=O) groups excluding carboxylic acids is 4. The van der Waals surface area contributed by atoms with Crippen molar-refractivity contribution in [2.75, 3.05) is 57.0 Å². The summed E-state index contributed by atoms with van der Waals surface area (Å²) in [7, 11) is 3.81. The molecule has 10 nitrogen and oxygen atoms in total. The Hall–Kier alpha value is -3.99. The minimum Gasteiger partial charge on any atom is -0.378 e. The van der Waals surface area contributed by atoms with Crippen LogP contribution in [0.4, 0.5) is 20.6 Å². The van der Waals surface area contributed by atoms with Gasteiger partial charge in [0, 0.05) is 58.2 Å². The molecular weight excluding hydrogens is 503 g/mol. The van der Waals surface area contributed by atoms with Crippen LogP contribution in [0.2, 0.25) is 0 Å². The molecule has 2 aromatic carbocycles. The highest BCUT2D eigenvalue weighted by Gasteiger charge is 2.65. The van der Waals surface area contributed by atoms with Crippen molar-refractivity contribution in [2.24, 2.45) is 11.8 Å². The number of hydrogen-bond donors (Lipinski definition) is 2. The number of imide groups is 1. The lowest BCUT2D eigenvalue weighted by Gasteiger charge is -2.37. The zero-order valence-corrected chi connectivity index (χ0v) is 22.3. The molecule has 2 N–H and O–H groups in total. The number of carbonyl (C=O) groups is 4. The molecular formula is C28H33FN6O4. The normalized spacial score (nSPS) is 24.7. The molecule has 3 saturated heterocycles. The summed E-state index contributed by atoms with van der Waals surface area (Å²) in [4.78, 5) is 61.4. The second kappa shape index (κ2) is 10.6. The molecule has 0 saturated carbocycles. The highest BCUT2D eigenvalue weighted by molar-refractivity contribution is 6.10. The maximum Gasteiger partial charge on any atom is 0.323 e. The fourth-order valence-electron chi connectivity index (χ4n) is 5.93. The van der Waals surface area contributed by atoms with Crippen molar-refractivity contribution in [2.45, 2.75) is 19.0 Å². The van der Waals surface area contributed by atoms with Crippen molar-refractivity contribution in [3.05, 3.63) is 59.9 Å². The van der Waals surface area contributed by atoms with Gasteiger partial charge in [0.2, 0.25) is 17.7 Å². The average molecular weight is 537 g/mol. The topological polar surface area (TPSA) is 105 Å². The Balaban J connectivity index is 1.61.